The Balaban J connectivity index is 1.37. The fraction of sp³-hybridized carbons (Fsp3) is 0.261. The van der Waals surface area contributed by atoms with Gasteiger partial charge in [0.05, 0.1) is 19.9 Å². The first-order valence-electron chi connectivity index (χ1n) is 10.1. The van der Waals surface area contributed by atoms with E-state index in [1.807, 2.05) is 65.6 Å². The van der Waals surface area contributed by atoms with Crippen molar-refractivity contribution in [3.8, 4) is 22.8 Å². The van der Waals surface area contributed by atoms with Gasteiger partial charge in [-0.1, -0.05) is 18.2 Å². The highest BCUT2D eigenvalue weighted by atomic mass is 16.5. The Hall–Kier alpha value is -3.81. The normalized spacial score (nSPS) is 13.6. The third-order valence-corrected chi connectivity index (χ3v) is 5.25. The van der Waals surface area contributed by atoms with E-state index in [1.54, 1.807) is 14.2 Å². The van der Waals surface area contributed by atoms with E-state index in [-0.39, 0.29) is 6.03 Å². The first kappa shape index (κ1) is 20.5. The molecule has 1 aliphatic heterocycles. The van der Waals surface area contributed by atoms with Crippen LogP contribution in [0.15, 0.2) is 60.7 Å². The maximum Gasteiger partial charge on any atom is 0.321 e. The van der Waals surface area contributed by atoms with Crippen LogP contribution in [0.2, 0.25) is 0 Å². The van der Waals surface area contributed by atoms with Crippen LogP contribution in [0.25, 0.3) is 11.3 Å². The minimum atomic E-state index is -0.0827. The molecule has 0 unspecified atom stereocenters. The number of urea groups is 1. The number of hydrogen-bond acceptors (Lipinski definition) is 6. The van der Waals surface area contributed by atoms with Crippen LogP contribution in [-0.2, 0) is 0 Å². The Morgan fingerprint density at radius 1 is 0.871 bits per heavy atom. The van der Waals surface area contributed by atoms with Crippen molar-refractivity contribution in [2.24, 2.45) is 0 Å². The van der Waals surface area contributed by atoms with Gasteiger partial charge in [-0.15, -0.1) is 10.2 Å². The molecule has 1 N–H and O–H groups in total. The third-order valence-electron chi connectivity index (χ3n) is 5.25. The minimum absolute atomic E-state index is 0.0827. The van der Waals surface area contributed by atoms with Crippen molar-refractivity contribution in [1.29, 1.82) is 0 Å². The average Bonchev–Trinajstić information content (AvgIpc) is 2.84. The average molecular weight is 419 g/mol. The molecule has 0 bridgehead atoms. The highest BCUT2D eigenvalue weighted by molar-refractivity contribution is 5.89. The van der Waals surface area contributed by atoms with E-state index in [1.165, 1.54) is 0 Å². The summed E-state index contributed by atoms with van der Waals surface area (Å²) in [7, 11) is 3.22. The number of para-hydroxylation sites is 1. The summed E-state index contributed by atoms with van der Waals surface area (Å²) in [6, 6.07) is 19.0. The van der Waals surface area contributed by atoms with Crippen LogP contribution in [0.1, 0.15) is 0 Å². The van der Waals surface area contributed by atoms with Gasteiger partial charge in [0.2, 0.25) is 0 Å². The van der Waals surface area contributed by atoms with Crippen molar-refractivity contribution in [3.05, 3.63) is 60.7 Å². The molecular weight excluding hydrogens is 394 g/mol. The molecule has 0 saturated carbocycles. The molecule has 0 aliphatic carbocycles. The van der Waals surface area contributed by atoms with E-state index >= 15 is 0 Å². The lowest BCUT2D eigenvalue weighted by Crippen LogP contribution is -2.50. The van der Waals surface area contributed by atoms with Crippen LogP contribution in [0.3, 0.4) is 0 Å². The maximum absolute atomic E-state index is 12.5. The molecule has 1 aromatic heterocycles. The Kier molecular flexibility index (Phi) is 6.16. The number of piperazine rings is 1. The van der Waals surface area contributed by atoms with E-state index in [9.17, 15) is 4.79 Å². The van der Waals surface area contributed by atoms with Gasteiger partial charge in [0.1, 0.15) is 0 Å². The number of carbonyl (C=O) groups excluding carboxylic acids is 1. The first-order chi connectivity index (χ1) is 15.2. The van der Waals surface area contributed by atoms with Crippen LogP contribution in [-0.4, -0.2) is 61.5 Å². The lowest BCUT2D eigenvalue weighted by atomic mass is 10.1. The predicted molar refractivity (Wildman–Crippen MR) is 120 cm³/mol. The molecule has 0 spiro atoms. The zero-order valence-electron chi connectivity index (χ0n) is 17.6. The van der Waals surface area contributed by atoms with Crippen LogP contribution in [0.5, 0.6) is 11.5 Å². The molecule has 0 atom stereocenters. The van der Waals surface area contributed by atoms with Gasteiger partial charge in [-0.2, -0.15) is 0 Å². The lowest BCUT2D eigenvalue weighted by molar-refractivity contribution is 0.208. The van der Waals surface area contributed by atoms with Gasteiger partial charge in [0, 0.05) is 37.4 Å². The molecule has 160 valence electrons. The topological polar surface area (TPSA) is 79.8 Å². The number of hydrogen-bond donors (Lipinski definition) is 1. The molecule has 1 aliphatic rings. The quantitative estimate of drug-likeness (QED) is 0.682. The second kappa shape index (κ2) is 9.34. The van der Waals surface area contributed by atoms with Crippen molar-refractivity contribution in [1.82, 2.24) is 15.1 Å². The molecule has 2 amide bonds. The Morgan fingerprint density at radius 3 is 2.26 bits per heavy atom. The molecular formula is C23H25N5O3. The Morgan fingerprint density at radius 2 is 1.61 bits per heavy atom. The summed E-state index contributed by atoms with van der Waals surface area (Å²) in [6.45, 7) is 2.65. The number of benzene rings is 2. The summed E-state index contributed by atoms with van der Waals surface area (Å²) in [5, 5.41) is 11.7. The fourth-order valence-corrected chi connectivity index (χ4v) is 3.51. The standard InChI is InChI=1S/C23H25N5O3/c1-30-20-10-8-17(16-21(20)31-2)19-9-11-22(26-25-19)27-12-14-28(15-13-27)23(29)24-18-6-4-3-5-7-18/h3-11,16H,12-15H2,1-2H3,(H,24,29). The fourth-order valence-electron chi connectivity index (χ4n) is 3.51. The molecule has 4 rings (SSSR count). The molecule has 2 aromatic carbocycles. The van der Waals surface area contributed by atoms with Gasteiger partial charge < -0.3 is 24.6 Å². The van der Waals surface area contributed by atoms with Crippen molar-refractivity contribution in [3.63, 3.8) is 0 Å². The van der Waals surface area contributed by atoms with E-state index < -0.39 is 0 Å². The molecule has 31 heavy (non-hydrogen) atoms. The van der Waals surface area contributed by atoms with Crippen LogP contribution in [0.4, 0.5) is 16.3 Å². The maximum atomic E-state index is 12.5. The molecule has 0 radical (unpaired) electrons. The number of amides is 2. The van der Waals surface area contributed by atoms with E-state index in [0.29, 0.717) is 37.7 Å². The zero-order valence-corrected chi connectivity index (χ0v) is 17.6. The van der Waals surface area contributed by atoms with Gasteiger partial charge >= 0.3 is 6.03 Å². The van der Waals surface area contributed by atoms with Crippen molar-refractivity contribution in [2.45, 2.75) is 0 Å². The number of anilines is 2. The van der Waals surface area contributed by atoms with Crippen molar-refractivity contribution >= 4 is 17.5 Å². The summed E-state index contributed by atoms with van der Waals surface area (Å²) < 4.78 is 10.6. The molecule has 3 aromatic rings. The Labute approximate surface area is 181 Å². The van der Waals surface area contributed by atoms with E-state index in [2.05, 4.69) is 20.4 Å². The second-order valence-electron chi connectivity index (χ2n) is 7.12. The first-order valence-corrected chi connectivity index (χ1v) is 10.1. The highest BCUT2D eigenvalue weighted by Crippen LogP contribution is 2.31. The van der Waals surface area contributed by atoms with Crippen molar-refractivity contribution in [2.75, 3.05) is 50.6 Å². The number of rotatable bonds is 5. The smallest absolute Gasteiger partial charge is 0.321 e. The zero-order chi connectivity index (χ0) is 21.6. The van der Waals surface area contributed by atoms with Crippen LogP contribution < -0.4 is 19.7 Å². The largest absolute Gasteiger partial charge is 0.493 e. The monoisotopic (exact) mass is 419 g/mol. The number of nitrogens with one attached hydrogen (secondary N) is 1. The molecule has 8 nitrogen and oxygen atoms in total. The summed E-state index contributed by atoms with van der Waals surface area (Å²) in [4.78, 5) is 16.4. The number of aromatic nitrogens is 2. The molecule has 8 heteroatoms. The SMILES string of the molecule is COc1ccc(-c2ccc(N3CCN(C(=O)Nc4ccccc4)CC3)nn2)cc1OC. The molecule has 1 fully saturated rings. The van der Waals surface area contributed by atoms with E-state index in [4.69, 9.17) is 9.47 Å². The summed E-state index contributed by atoms with van der Waals surface area (Å²) in [5.41, 5.74) is 2.45. The summed E-state index contributed by atoms with van der Waals surface area (Å²) >= 11 is 0. The van der Waals surface area contributed by atoms with Gasteiger partial charge in [0.25, 0.3) is 0 Å². The van der Waals surface area contributed by atoms with Crippen LogP contribution >= 0.6 is 0 Å². The summed E-state index contributed by atoms with van der Waals surface area (Å²) in [6.07, 6.45) is 0. The number of methoxy groups -OCH3 is 2. The third kappa shape index (κ3) is 4.69. The highest BCUT2D eigenvalue weighted by Gasteiger charge is 2.22. The second-order valence-corrected chi connectivity index (χ2v) is 7.12. The van der Waals surface area contributed by atoms with Gasteiger partial charge in [-0.3, -0.25) is 0 Å². The Bertz CT molecular complexity index is 1020. The van der Waals surface area contributed by atoms with Crippen molar-refractivity contribution < 1.29 is 14.3 Å². The molecule has 1 saturated heterocycles. The van der Waals surface area contributed by atoms with Crippen LogP contribution in [0, 0.1) is 0 Å². The van der Waals surface area contributed by atoms with Gasteiger partial charge in [-0.25, -0.2) is 4.79 Å². The lowest BCUT2D eigenvalue weighted by Gasteiger charge is -2.35. The minimum Gasteiger partial charge on any atom is -0.493 e. The molecule has 2 heterocycles. The number of nitrogens with zero attached hydrogens (tertiary/aromatic N) is 4. The number of carbonyl (C=O) groups is 1. The summed E-state index contributed by atoms with van der Waals surface area (Å²) in [5.74, 6) is 2.12. The number of ether oxygens (including phenoxy) is 2. The predicted octanol–water partition coefficient (Wildman–Crippen LogP) is 3.51. The van der Waals surface area contributed by atoms with Gasteiger partial charge in [-0.05, 0) is 42.5 Å². The van der Waals surface area contributed by atoms with Gasteiger partial charge in [0.15, 0.2) is 17.3 Å². The van der Waals surface area contributed by atoms with E-state index in [0.717, 1.165) is 22.8 Å².